The number of carbonyl (C=O) groups is 1. The van der Waals surface area contributed by atoms with E-state index in [1.54, 1.807) is 0 Å². The molecule has 10 heteroatoms. The summed E-state index contributed by atoms with van der Waals surface area (Å²) in [6.45, 7) is 3.45. The van der Waals surface area contributed by atoms with Crippen LogP contribution in [0.3, 0.4) is 0 Å². The maximum absolute atomic E-state index is 11.9. The van der Waals surface area contributed by atoms with Crippen LogP contribution < -0.4 is 17.7 Å². The number of nitrogens with one attached hydrogen (secondary N) is 1. The molecule has 1 unspecified atom stereocenters. The van der Waals surface area contributed by atoms with Crippen molar-refractivity contribution in [3.05, 3.63) is 0 Å². The number of nitrogens with zero attached hydrogens (tertiary/aromatic N) is 1. The van der Waals surface area contributed by atoms with E-state index in [2.05, 4.69) is 16.8 Å². The van der Waals surface area contributed by atoms with Crippen LogP contribution in [-0.4, -0.2) is 71.7 Å². The third-order valence-corrected chi connectivity index (χ3v) is 5.40. The number of aliphatic hydroxyl groups is 1. The summed E-state index contributed by atoms with van der Waals surface area (Å²) in [7, 11) is -0.716. The molecule has 0 saturated carbocycles. The number of aliphatic hydroxyl groups excluding tert-OH is 1. The van der Waals surface area contributed by atoms with E-state index in [4.69, 9.17) is 9.79 Å². The molecule has 0 heterocycles. The Bertz CT molecular complexity index is 476. The van der Waals surface area contributed by atoms with Crippen LogP contribution in [0.2, 0.25) is 0 Å². The second-order valence-corrected chi connectivity index (χ2v) is 9.80. The molecule has 4 N–H and O–H groups in total. The number of phosphoric acid groups is 1. The molecule has 0 rings (SSSR count). The molecule has 0 aromatic heterocycles. The predicted molar refractivity (Wildman–Crippen MR) is 115 cm³/mol. The quantitative estimate of drug-likeness (QED) is 0.119. The van der Waals surface area contributed by atoms with Gasteiger partial charge in [-0.15, -0.1) is 0 Å². The van der Waals surface area contributed by atoms with Crippen molar-refractivity contribution in [2.45, 2.75) is 83.7 Å². The molecule has 0 aromatic rings. The van der Waals surface area contributed by atoms with Gasteiger partial charge in [-0.05, 0) is 6.42 Å². The average Bonchev–Trinajstić information content (AvgIpc) is 2.61. The van der Waals surface area contributed by atoms with Crippen molar-refractivity contribution in [3.8, 4) is 0 Å². The van der Waals surface area contributed by atoms with E-state index in [0.29, 0.717) is 24.0 Å². The van der Waals surface area contributed by atoms with Crippen molar-refractivity contribution in [1.82, 2.24) is 5.32 Å². The molecular formula is C20H44ClN2O6P. The van der Waals surface area contributed by atoms with Gasteiger partial charge in [0.1, 0.15) is 12.6 Å². The Hall–Kier alpha value is -0.210. The highest BCUT2D eigenvalue weighted by Crippen LogP contribution is 2.35. The summed E-state index contributed by atoms with van der Waals surface area (Å²) >= 11 is 0. The van der Waals surface area contributed by atoms with E-state index in [-0.39, 0.29) is 18.3 Å². The molecule has 0 aliphatic heterocycles. The summed E-state index contributed by atoms with van der Waals surface area (Å²) in [5.74, 6) is 0.0910. The Labute approximate surface area is 189 Å². The molecule has 30 heavy (non-hydrogen) atoms. The van der Waals surface area contributed by atoms with Crippen LogP contribution in [0.1, 0.15) is 77.6 Å². The molecule has 0 radical (unpaired) electrons. The number of halogens is 1. The molecule has 0 aromatic carbocycles. The smallest absolute Gasteiger partial charge is 0.469 e. The van der Waals surface area contributed by atoms with Crippen LogP contribution >= 0.6 is 7.82 Å². The minimum absolute atomic E-state index is 0. The van der Waals surface area contributed by atoms with E-state index < -0.39 is 20.5 Å². The summed E-state index contributed by atoms with van der Waals surface area (Å²) in [6.07, 6.45) is 11.5. The van der Waals surface area contributed by atoms with Crippen molar-refractivity contribution in [1.29, 1.82) is 0 Å². The number of phosphoric ester groups is 1. The van der Waals surface area contributed by atoms with Gasteiger partial charge in [0.2, 0.25) is 5.91 Å². The third kappa shape index (κ3) is 22.5. The highest BCUT2D eigenvalue weighted by Gasteiger charge is 2.23. The van der Waals surface area contributed by atoms with Gasteiger partial charge in [0.15, 0.2) is 0 Å². The minimum Gasteiger partial charge on any atom is -1.00 e. The number of carbonyl (C=O) groups excluding carboxylic acids is 1. The number of rotatable bonds is 19. The first-order valence-corrected chi connectivity index (χ1v) is 12.6. The van der Waals surface area contributed by atoms with Gasteiger partial charge in [0.25, 0.3) is 0 Å². The summed E-state index contributed by atoms with van der Waals surface area (Å²) in [6, 6.07) is 0. The fourth-order valence-electron chi connectivity index (χ4n) is 3.32. The summed E-state index contributed by atoms with van der Waals surface area (Å²) in [4.78, 5) is 29.2. The molecule has 0 aliphatic rings. The Morgan fingerprint density at radius 2 is 1.53 bits per heavy atom. The van der Waals surface area contributed by atoms with Crippen molar-refractivity contribution in [2.24, 2.45) is 0 Å². The second-order valence-electron chi connectivity index (χ2n) is 8.56. The average molecular weight is 475 g/mol. The van der Waals surface area contributed by atoms with Gasteiger partial charge in [0, 0.05) is 19.4 Å². The number of unbranched alkanes of at least 4 members (excludes halogenated alkanes) is 8. The molecule has 0 fully saturated rings. The topological polar surface area (TPSA) is 116 Å². The van der Waals surface area contributed by atoms with E-state index >= 15 is 0 Å². The largest absolute Gasteiger partial charge is 1.00 e. The Morgan fingerprint density at radius 1 is 1.00 bits per heavy atom. The van der Waals surface area contributed by atoms with Gasteiger partial charge in [-0.1, -0.05) is 58.3 Å². The van der Waals surface area contributed by atoms with Crippen molar-refractivity contribution in [3.63, 3.8) is 0 Å². The number of quaternary nitrogens is 1. The lowest BCUT2D eigenvalue weighted by atomic mass is 10.1. The van der Waals surface area contributed by atoms with Crippen LogP contribution in [-0.2, 0) is 13.9 Å². The number of amides is 1. The Balaban J connectivity index is 0. The van der Waals surface area contributed by atoms with Crippen molar-refractivity contribution in [2.75, 3.05) is 40.3 Å². The first kappa shape index (κ1) is 32.0. The third-order valence-electron chi connectivity index (χ3n) is 4.91. The first-order chi connectivity index (χ1) is 13.6. The van der Waals surface area contributed by atoms with Crippen LogP contribution in [0.5, 0.6) is 0 Å². The number of hydrogen-bond acceptors (Lipinski definition) is 4. The normalized spacial score (nSPS) is 13.0. The standard InChI is InChI=1S/C20H43N2O6P.ClH/c1-4-5-6-7-8-9-10-11-12-14-20(24)21-15-13-16-22(2,3)17-19(23)18-28-29(25,26)27;/h19,23H,4-18H2,1-3H3,(H2-,21,24,25,26,27);1H. The Morgan fingerprint density at radius 3 is 2.07 bits per heavy atom. The zero-order valence-electron chi connectivity index (χ0n) is 19.0. The zero-order chi connectivity index (χ0) is 22.2. The summed E-state index contributed by atoms with van der Waals surface area (Å²) < 4.78 is 15.5. The van der Waals surface area contributed by atoms with E-state index in [0.717, 1.165) is 25.8 Å². The number of likely N-dealkylation sites (N-methyl/N-ethyl adjacent to an activating group) is 1. The summed E-state index contributed by atoms with van der Waals surface area (Å²) in [5, 5.41) is 12.8. The lowest BCUT2D eigenvalue weighted by Crippen LogP contribution is -3.00. The first-order valence-electron chi connectivity index (χ1n) is 11.0. The molecular weight excluding hydrogens is 431 g/mol. The highest BCUT2D eigenvalue weighted by atomic mass is 35.5. The van der Waals surface area contributed by atoms with E-state index in [1.807, 2.05) is 14.1 Å². The molecule has 0 bridgehead atoms. The SMILES string of the molecule is CCCCCCCCCCCC(=O)NCCC[N+](C)(C)CC(O)COP(=O)(O)O.[Cl-]. The van der Waals surface area contributed by atoms with E-state index in [9.17, 15) is 14.5 Å². The van der Waals surface area contributed by atoms with Gasteiger partial charge in [-0.3, -0.25) is 9.32 Å². The summed E-state index contributed by atoms with van der Waals surface area (Å²) in [5.41, 5.74) is 0. The molecule has 0 saturated heterocycles. The van der Waals surface area contributed by atoms with Crippen LogP contribution in [0.25, 0.3) is 0 Å². The van der Waals surface area contributed by atoms with Crippen LogP contribution in [0.15, 0.2) is 0 Å². The molecule has 1 amide bonds. The van der Waals surface area contributed by atoms with Gasteiger partial charge in [-0.25, -0.2) is 4.57 Å². The molecule has 0 spiro atoms. The van der Waals surface area contributed by atoms with Gasteiger partial charge in [0.05, 0.1) is 27.2 Å². The monoisotopic (exact) mass is 474 g/mol. The van der Waals surface area contributed by atoms with Gasteiger partial charge in [-0.2, -0.15) is 0 Å². The van der Waals surface area contributed by atoms with Crippen molar-refractivity contribution < 1.29 is 45.7 Å². The lowest BCUT2D eigenvalue weighted by molar-refractivity contribution is -0.893. The van der Waals surface area contributed by atoms with E-state index in [1.165, 1.54) is 44.9 Å². The lowest BCUT2D eigenvalue weighted by Gasteiger charge is -2.31. The fraction of sp³-hybridized carbons (Fsp3) is 0.950. The van der Waals surface area contributed by atoms with Gasteiger partial charge < -0.3 is 37.1 Å². The maximum atomic E-state index is 11.9. The van der Waals surface area contributed by atoms with Crippen molar-refractivity contribution >= 4 is 13.7 Å². The van der Waals surface area contributed by atoms with Crippen LogP contribution in [0.4, 0.5) is 0 Å². The fourth-order valence-corrected chi connectivity index (χ4v) is 3.68. The Kier molecular flexibility index (Phi) is 19.6. The second kappa shape index (κ2) is 18.4. The van der Waals surface area contributed by atoms with Gasteiger partial charge >= 0.3 is 7.82 Å². The zero-order valence-corrected chi connectivity index (χ0v) is 20.7. The predicted octanol–water partition coefficient (Wildman–Crippen LogP) is -0.0358. The molecule has 1 atom stereocenters. The minimum atomic E-state index is -4.56. The number of hydrogen-bond donors (Lipinski definition) is 4. The van der Waals surface area contributed by atoms with Crippen LogP contribution in [0, 0.1) is 0 Å². The highest BCUT2D eigenvalue weighted by molar-refractivity contribution is 7.46. The maximum Gasteiger partial charge on any atom is 0.469 e. The molecule has 8 nitrogen and oxygen atoms in total. The molecule has 0 aliphatic carbocycles. The molecule has 182 valence electrons.